The Kier molecular flexibility index (Phi) is 4.22. The first-order valence-electron chi connectivity index (χ1n) is 7.23. The number of thiazole rings is 1. The molecular weight excluding hydrogens is 301 g/mol. The number of para-hydroxylation sites is 1. The Hall–Kier alpha value is -1.79. The van der Waals surface area contributed by atoms with Gasteiger partial charge < -0.3 is 4.90 Å². The Morgan fingerprint density at radius 2 is 2.23 bits per heavy atom. The van der Waals surface area contributed by atoms with Gasteiger partial charge in [0.2, 0.25) is 5.91 Å². The van der Waals surface area contributed by atoms with E-state index in [0.29, 0.717) is 25.2 Å². The number of rotatable bonds is 4. The maximum Gasteiger partial charge on any atom is 0.244 e. The second-order valence-corrected chi connectivity index (χ2v) is 6.83. The molecule has 6 heteroatoms. The number of carbonyl (C=O) groups is 1. The zero-order valence-corrected chi connectivity index (χ0v) is 13.4. The van der Waals surface area contributed by atoms with Gasteiger partial charge >= 0.3 is 0 Å². The van der Waals surface area contributed by atoms with Crippen molar-refractivity contribution in [1.82, 2.24) is 9.88 Å². The summed E-state index contributed by atoms with van der Waals surface area (Å²) >= 11 is 1.64. The molecule has 0 radical (unpaired) electrons. The van der Waals surface area contributed by atoms with Gasteiger partial charge in [-0.3, -0.25) is 9.69 Å². The highest BCUT2D eigenvalue weighted by atomic mass is 32.1. The lowest BCUT2D eigenvalue weighted by molar-refractivity contribution is -0.121. The van der Waals surface area contributed by atoms with Crippen LogP contribution in [0.3, 0.4) is 0 Å². The highest BCUT2D eigenvalue weighted by molar-refractivity contribution is 7.11. The highest BCUT2D eigenvalue weighted by Gasteiger charge is 2.36. The molecule has 1 aromatic carbocycles. The Balaban J connectivity index is 1.72. The van der Waals surface area contributed by atoms with Crippen molar-refractivity contribution in [3.63, 3.8) is 0 Å². The van der Waals surface area contributed by atoms with Crippen molar-refractivity contribution < 1.29 is 9.18 Å². The highest BCUT2D eigenvalue weighted by Crippen LogP contribution is 2.27. The molecule has 22 heavy (non-hydrogen) atoms. The van der Waals surface area contributed by atoms with Crippen molar-refractivity contribution in [3.8, 4) is 0 Å². The van der Waals surface area contributed by atoms with Gasteiger partial charge in [0.1, 0.15) is 5.82 Å². The van der Waals surface area contributed by atoms with Gasteiger partial charge in [0.25, 0.3) is 0 Å². The first kappa shape index (κ1) is 15.1. The SMILES string of the molecule is Cc1ncc(CN(C)C2CCN(c3ccccc3F)C2=O)s1. The van der Waals surface area contributed by atoms with Crippen LogP contribution in [0.1, 0.15) is 16.3 Å². The number of halogens is 1. The molecule has 0 saturated carbocycles. The largest absolute Gasteiger partial charge is 0.308 e. The van der Waals surface area contributed by atoms with E-state index in [4.69, 9.17) is 0 Å². The summed E-state index contributed by atoms with van der Waals surface area (Å²) in [7, 11) is 1.93. The van der Waals surface area contributed by atoms with Gasteiger partial charge in [0.15, 0.2) is 0 Å². The summed E-state index contributed by atoms with van der Waals surface area (Å²) in [5.41, 5.74) is 0.372. The molecule has 1 unspecified atom stereocenters. The Morgan fingerprint density at radius 1 is 1.45 bits per heavy atom. The van der Waals surface area contributed by atoms with Crippen molar-refractivity contribution in [2.75, 3.05) is 18.5 Å². The summed E-state index contributed by atoms with van der Waals surface area (Å²) < 4.78 is 13.9. The molecule has 0 bridgehead atoms. The number of carbonyl (C=O) groups excluding carboxylic acids is 1. The first-order chi connectivity index (χ1) is 10.6. The van der Waals surface area contributed by atoms with Crippen molar-refractivity contribution in [2.24, 2.45) is 0 Å². The van der Waals surface area contributed by atoms with Gasteiger partial charge in [-0.05, 0) is 32.5 Å². The Labute approximate surface area is 133 Å². The van der Waals surface area contributed by atoms with E-state index in [2.05, 4.69) is 4.98 Å². The van der Waals surface area contributed by atoms with Crippen LogP contribution in [0.5, 0.6) is 0 Å². The summed E-state index contributed by atoms with van der Waals surface area (Å²) in [5.74, 6) is -0.383. The van der Waals surface area contributed by atoms with Crippen LogP contribution < -0.4 is 4.90 Å². The molecule has 3 rings (SSSR count). The third-order valence-electron chi connectivity index (χ3n) is 3.93. The summed E-state index contributed by atoms with van der Waals surface area (Å²) in [6.45, 7) is 3.21. The number of amides is 1. The van der Waals surface area contributed by atoms with E-state index < -0.39 is 0 Å². The number of hydrogen-bond donors (Lipinski definition) is 0. The van der Waals surface area contributed by atoms with Crippen molar-refractivity contribution in [2.45, 2.75) is 25.9 Å². The maximum absolute atomic E-state index is 13.9. The number of aromatic nitrogens is 1. The summed E-state index contributed by atoms with van der Waals surface area (Å²) in [6, 6.07) is 6.22. The fourth-order valence-corrected chi connectivity index (χ4v) is 3.68. The summed E-state index contributed by atoms with van der Waals surface area (Å²) in [6.07, 6.45) is 2.56. The van der Waals surface area contributed by atoms with Crippen LogP contribution in [0, 0.1) is 12.7 Å². The van der Waals surface area contributed by atoms with Crippen molar-refractivity contribution in [1.29, 1.82) is 0 Å². The number of benzene rings is 1. The quantitative estimate of drug-likeness (QED) is 0.869. The lowest BCUT2D eigenvalue weighted by Gasteiger charge is -2.23. The van der Waals surface area contributed by atoms with Crippen LogP contribution in [0.25, 0.3) is 0 Å². The van der Waals surface area contributed by atoms with Gasteiger partial charge in [-0.15, -0.1) is 11.3 Å². The second-order valence-electron chi connectivity index (χ2n) is 5.51. The van der Waals surface area contributed by atoms with Crippen molar-refractivity contribution >= 4 is 22.9 Å². The Bertz CT molecular complexity index is 688. The predicted molar refractivity (Wildman–Crippen MR) is 85.5 cm³/mol. The first-order valence-corrected chi connectivity index (χ1v) is 8.05. The van der Waals surface area contributed by atoms with Gasteiger partial charge in [0, 0.05) is 24.2 Å². The van der Waals surface area contributed by atoms with Crippen LogP contribution in [-0.2, 0) is 11.3 Å². The predicted octanol–water partition coefficient (Wildman–Crippen LogP) is 2.83. The van der Waals surface area contributed by atoms with Crippen LogP contribution in [0.2, 0.25) is 0 Å². The molecule has 2 heterocycles. The minimum Gasteiger partial charge on any atom is -0.308 e. The molecular formula is C16H18FN3OS. The molecule has 0 aliphatic carbocycles. The molecule has 1 aromatic heterocycles. The van der Waals surface area contributed by atoms with Crippen LogP contribution in [0.15, 0.2) is 30.5 Å². The molecule has 116 valence electrons. The van der Waals surface area contributed by atoms with Crippen LogP contribution >= 0.6 is 11.3 Å². The smallest absolute Gasteiger partial charge is 0.244 e. The number of aryl methyl sites for hydroxylation is 1. The average Bonchev–Trinajstić information content (AvgIpc) is 3.06. The van der Waals surface area contributed by atoms with Crippen LogP contribution in [-0.4, -0.2) is 35.4 Å². The zero-order valence-electron chi connectivity index (χ0n) is 12.6. The molecule has 1 saturated heterocycles. The molecule has 2 aromatic rings. The molecule has 0 N–H and O–H groups in total. The molecule has 4 nitrogen and oxygen atoms in total. The monoisotopic (exact) mass is 319 g/mol. The normalized spacial score (nSPS) is 18.5. The number of anilines is 1. The molecule has 1 atom stereocenters. The Morgan fingerprint density at radius 3 is 2.91 bits per heavy atom. The fourth-order valence-electron chi connectivity index (χ4n) is 2.82. The average molecular weight is 319 g/mol. The summed E-state index contributed by atoms with van der Waals surface area (Å²) in [4.78, 5) is 21.5. The van der Waals surface area contributed by atoms with E-state index in [1.165, 1.54) is 6.07 Å². The zero-order chi connectivity index (χ0) is 15.7. The second kappa shape index (κ2) is 6.14. The number of likely N-dealkylation sites (N-methyl/N-ethyl adjacent to an activating group) is 1. The molecule has 1 amide bonds. The third kappa shape index (κ3) is 2.89. The third-order valence-corrected chi connectivity index (χ3v) is 4.82. The number of nitrogens with zero attached hydrogens (tertiary/aromatic N) is 3. The molecule has 1 aliphatic heterocycles. The number of hydrogen-bond acceptors (Lipinski definition) is 4. The molecule has 1 fully saturated rings. The van der Waals surface area contributed by atoms with Gasteiger partial charge in [-0.25, -0.2) is 9.37 Å². The van der Waals surface area contributed by atoms with E-state index >= 15 is 0 Å². The molecule has 1 aliphatic rings. The minimum absolute atomic E-state index is 0.0335. The van der Waals surface area contributed by atoms with E-state index in [9.17, 15) is 9.18 Å². The van der Waals surface area contributed by atoms with E-state index in [1.807, 2.05) is 25.1 Å². The lowest BCUT2D eigenvalue weighted by Crippen LogP contribution is -2.39. The van der Waals surface area contributed by atoms with E-state index in [-0.39, 0.29) is 17.8 Å². The van der Waals surface area contributed by atoms with Gasteiger partial charge in [-0.2, -0.15) is 0 Å². The van der Waals surface area contributed by atoms with Crippen LogP contribution in [0.4, 0.5) is 10.1 Å². The lowest BCUT2D eigenvalue weighted by atomic mass is 10.2. The fraction of sp³-hybridized carbons (Fsp3) is 0.375. The standard InChI is InChI=1S/C16H18FN3OS/c1-11-18-9-12(22-11)10-19(2)15-7-8-20(16(15)21)14-6-4-3-5-13(14)17/h3-6,9,15H,7-8,10H2,1-2H3. The van der Waals surface area contributed by atoms with E-state index in [0.717, 1.165) is 9.88 Å². The van der Waals surface area contributed by atoms with Gasteiger partial charge in [0.05, 0.1) is 16.7 Å². The van der Waals surface area contributed by atoms with E-state index in [1.54, 1.807) is 34.4 Å². The maximum atomic E-state index is 13.9. The van der Waals surface area contributed by atoms with Crippen molar-refractivity contribution in [3.05, 3.63) is 46.2 Å². The minimum atomic E-state index is -0.350. The molecule has 0 spiro atoms. The summed E-state index contributed by atoms with van der Waals surface area (Å²) in [5, 5.41) is 1.02. The topological polar surface area (TPSA) is 36.4 Å². The van der Waals surface area contributed by atoms with Gasteiger partial charge in [-0.1, -0.05) is 12.1 Å².